The Morgan fingerprint density at radius 2 is 2.24 bits per heavy atom. The van der Waals surface area contributed by atoms with Crippen molar-refractivity contribution in [1.82, 2.24) is 25.6 Å². The molecule has 0 amide bonds. The van der Waals surface area contributed by atoms with E-state index in [-0.39, 0.29) is 5.11 Å². The standard InChI is InChI=1S/C19H28N8OS/c1-27-12-21-11-17(27)16-8-15(10-22-26-18(20)29)24-19(25-16,23-14-2-3-14)9-13-4-6-28-7-5-13/h8,10-14,23,25H,2-7,9H2,1H3,(H3,20,26,29). The van der Waals surface area contributed by atoms with Gasteiger partial charge in [-0.1, -0.05) is 0 Å². The summed E-state index contributed by atoms with van der Waals surface area (Å²) in [5, 5.41) is 11.7. The van der Waals surface area contributed by atoms with Crippen LogP contribution in [-0.2, 0) is 11.8 Å². The molecule has 9 nitrogen and oxygen atoms in total. The van der Waals surface area contributed by atoms with Gasteiger partial charge in [-0.3, -0.25) is 10.7 Å². The molecule has 1 unspecified atom stereocenters. The molecular weight excluding hydrogens is 388 g/mol. The van der Waals surface area contributed by atoms with Crippen molar-refractivity contribution in [3.63, 3.8) is 0 Å². The lowest BCUT2D eigenvalue weighted by Crippen LogP contribution is -2.58. The van der Waals surface area contributed by atoms with E-state index in [1.54, 1.807) is 12.5 Å². The fourth-order valence-corrected chi connectivity index (χ4v) is 3.88. The van der Waals surface area contributed by atoms with Crippen molar-refractivity contribution in [1.29, 1.82) is 0 Å². The first-order valence-electron chi connectivity index (χ1n) is 10.0. The number of ether oxygens (including phenoxy) is 1. The molecule has 1 atom stereocenters. The predicted molar refractivity (Wildman–Crippen MR) is 117 cm³/mol. The number of hydrogen-bond acceptors (Lipinski definition) is 7. The van der Waals surface area contributed by atoms with Crippen LogP contribution < -0.4 is 21.8 Å². The van der Waals surface area contributed by atoms with Crippen molar-refractivity contribution in [2.24, 2.45) is 28.8 Å². The molecule has 1 aromatic heterocycles. The molecule has 156 valence electrons. The highest BCUT2D eigenvalue weighted by Crippen LogP contribution is 2.32. The van der Waals surface area contributed by atoms with Gasteiger partial charge in [0.05, 0.1) is 35.8 Å². The molecule has 4 rings (SSSR count). The van der Waals surface area contributed by atoms with Crippen LogP contribution in [0.5, 0.6) is 0 Å². The highest BCUT2D eigenvalue weighted by atomic mass is 32.1. The molecule has 10 heteroatoms. The zero-order valence-corrected chi connectivity index (χ0v) is 17.4. The number of aryl methyl sites for hydroxylation is 1. The number of aromatic nitrogens is 2. The summed E-state index contributed by atoms with van der Waals surface area (Å²) in [6.07, 6.45) is 12.6. The molecule has 0 spiro atoms. The molecule has 5 N–H and O–H groups in total. The van der Waals surface area contributed by atoms with Gasteiger partial charge in [-0.15, -0.1) is 0 Å². The Hall–Kier alpha value is -2.30. The van der Waals surface area contributed by atoms with Gasteiger partial charge in [-0.05, 0) is 49.9 Å². The summed E-state index contributed by atoms with van der Waals surface area (Å²) in [4.78, 5) is 9.32. The van der Waals surface area contributed by atoms with Crippen molar-refractivity contribution in [3.8, 4) is 0 Å². The van der Waals surface area contributed by atoms with Crippen LogP contribution in [-0.4, -0.2) is 51.6 Å². The third kappa shape index (κ3) is 5.20. The minimum atomic E-state index is -0.595. The van der Waals surface area contributed by atoms with E-state index in [0.717, 1.165) is 49.6 Å². The second kappa shape index (κ2) is 8.60. The normalized spacial score (nSPS) is 25.4. The zero-order chi connectivity index (χ0) is 20.3. The molecule has 0 radical (unpaired) electrons. The maximum atomic E-state index is 5.55. The number of hydrazone groups is 1. The van der Waals surface area contributed by atoms with Crippen LogP contribution in [0.2, 0.25) is 0 Å². The van der Waals surface area contributed by atoms with E-state index >= 15 is 0 Å². The number of imidazole rings is 1. The number of nitrogens with zero attached hydrogens (tertiary/aromatic N) is 4. The number of nitrogens with one attached hydrogen (secondary N) is 3. The van der Waals surface area contributed by atoms with Crippen LogP contribution in [0, 0.1) is 5.92 Å². The number of allylic oxidation sites excluding steroid dienone is 1. The largest absolute Gasteiger partial charge is 0.381 e. The summed E-state index contributed by atoms with van der Waals surface area (Å²) in [6, 6.07) is 0.477. The summed E-state index contributed by atoms with van der Waals surface area (Å²) in [6.45, 7) is 1.62. The predicted octanol–water partition coefficient (Wildman–Crippen LogP) is 0.847. The molecule has 2 fully saturated rings. The van der Waals surface area contributed by atoms with Crippen molar-refractivity contribution >= 4 is 35.0 Å². The molecular formula is C19H28N8OS. The Kier molecular flexibility index (Phi) is 5.93. The molecule has 2 aliphatic heterocycles. The third-order valence-corrected chi connectivity index (χ3v) is 5.45. The van der Waals surface area contributed by atoms with E-state index in [4.69, 9.17) is 27.7 Å². The first-order chi connectivity index (χ1) is 14.0. The number of hydrogen-bond donors (Lipinski definition) is 4. The highest BCUT2D eigenvalue weighted by Gasteiger charge is 2.40. The second-order valence-corrected chi connectivity index (χ2v) is 8.32. The average molecular weight is 417 g/mol. The Balaban J connectivity index is 1.66. The van der Waals surface area contributed by atoms with Gasteiger partial charge in [-0.2, -0.15) is 5.10 Å². The van der Waals surface area contributed by atoms with Crippen molar-refractivity contribution in [2.75, 3.05) is 13.2 Å². The van der Waals surface area contributed by atoms with Crippen LogP contribution >= 0.6 is 12.2 Å². The summed E-state index contributed by atoms with van der Waals surface area (Å²) in [5.41, 5.74) is 10.8. The third-order valence-electron chi connectivity index (χ3n) is 5.36. The molecule has 29 heavy (non-hydrogen) atoms. The Labute approximate surface area is 175 Å². The molecule has 1 saturated heterocycles. The lowest BCUT2D eigenvalue weighted by atomic mass is 9.91. The number of aliphatic imine (C=N–C) groups is 1. The lowest BCUT2D eigenvalue weighted by Gasteiger charge is -2.40. The van der Waals surface area contributed by atoms with Gasteiger partial charge in [0.2, 0.25) is 0 Å². The fraction of sp³-hybridized carbons (Fsp3) is 0.579. The average Bonchev–Trinajstić information content (AvgIpc) is 3.38. The summed E-state index contributed by atoms with van der Waals surface area (Å²) < 4.78 is 7.54. The van der Waals surface area contributed by atoms with Crippen LogP contribution in [0.4, 0.5) is 0 Å². The summed E-state index contributed by atoms with van der Waals surface area (Å²) in [5.74, 6) is -0.0627. The van der Waals surface area contributed by atoms with Crippen molar-refractivity contribution in [3.05, 3.63) is 24.3 Å². The minimum Gasteiger partial charge on any atom is -0.381 e. The monoisotopic (exact) mass is 416 g/mol. The number of nitrogens with two attached hydrogens (primary N) is 1. The quantitative estimate of drug-likeness (QED) is 0.296. The Morgan fingerprint density at radius 3 is 2.90 bits per heavy atom. The molecule has 1 aromatic rings. The van der Waals surface area contributed by atoms with Gasteiger partial charge < -0.3 is 20.4 Å². The first-order valence-corrected chi connectivity index (χ1v) is 10.4. The van der Waals surface area contributed by atoms with Crippen molar-refractivity contribution < 1.29 is 4.74 Å². The minimum absolute atomic E-state index is 0.121. The van der Waals surface area contributed by atoms with Crippen LogP contribution in [0.25, 0.3) is 5.70 Å². The second-order valence-electron chi connectivity index (χ2n) is 7.88. The Bertz CT molecular complexity index is 837. The van der Waals surface area contributed by atoms with Gasteiger partial charge in [0, 0.05) is 32.7 Å². The topological polar surface area (TPSA) is 114 Å². The molecule has 3 heterocycles. The maximum absolute atomic E-state index is 5.55. The Morgan fingerprint density at radius 1 is 1.45 bits per heavy atom. The van der Waals surface area contributed by atoms with Gasteiger partial charge >= 0.3 is 0 Å². The molecule has 1 saturated carbocycles. The van der Waals surface area contributed by atoms with Gasteiger partial charge in [0.15, 0.2) is 10.9 Å². The number of thiocarbonyl (C=S) groups is 1. The van der Waals surface area contributed by atoms with Crippen molar-refractivity contribution in [2.45, 2.75) is 43.9 Å². The fourth-order valence-electron chi connectivity index (χ4n) is 3.83. The maximum Gasteiger partial charge on any atom is 0.186 e. The first kappa shape index (κ1) is 20.0. The smallest absolute Gasteiger partial charge is 0.186 e. The highest BCUT2D eigenvalue weighted by molar-refractivity contribution is 7.80. The number of rotatable bonds is 7. The lowest BCUT2D eigenvalue weighted by molar-refractivity contribution is 0.0512. The van der Waals surface area contributed by atoms with E-state index in [1.165, 1.54) is 12.8 Å². The molecule has 3 aliphatic rings. The zero-order valence-electron chi connectivity index (χ0n) is 16.6. The van der Waals surface area contributed by atoms with Crippen LogP contribution in [0.15, 0.2) is 28.7 Å². The van der Waals surface area contributed by atoms with E-state index in [1.807, 2.05) is 23.9 Å². The molecule has 1 aliphatic carbocycles. The van der Waals surface area contributed by atoms with Gasteiger partial charge in [-0.25, -0.2) is 9.98 Å². The van der Waals surface area contributed by atoms with E-state index in [0.29, 0.717) is 12.0 Å². The van der Waals surface area contributed by atoms with Gasteiger partial charge in [0.1, 0.15) is 0 Å². The molecule has 0 bridgehead atoms. The van der Waals surface area contributed by atoms with E-state index < -0.39 is 5.79 Å². The summed E-state index contributed by atoms with van der Waals surface area (Å²) >= 11 is 4.84. The summed E-state index contributed by atoms with van der Waals surface area (Å²) in [7, 11) is 1.98. The van der Waals surface area contributed by atoms with E-state index in [9.17, 15) is 0 Å². The molecule has 0 aromatic carbocycles. The van der Waals surface area contributed by atoms with Crippen LogP contribution in [0.3, 0.4) is 0 Å². The van der Waals surface area contributed by atoms with E-state index in [2.05, 4.69) is 26.1 Å². The van der Waals surface area contributed by atoms with Gasteiger partial charge in [0.25, 0.3) is 0 Å². The van der Waals surface area contributed by atoms with Crippen LogP contribution in [0.1, 0.15) is 37.8 Å². The SMILES string of the molecule is Cn1cncc1C1=CC(C=NNC(N)=S)=NC(CC2CCOCC2)(NC2CC2)N1.